The number of furan rings is 1. The van der Waals surface area contributed by atoms with Crippen molar-refractivity contribution in [2.24, 2.45) is 0 Å². The third kappa shape index (κ3) is 4.51. The van der Waals surface area contributed by atoms with E-state index in [1.807, 2.05) is 27.1 Å². The largest absolute Gasteiger partial charge is 0.459 e. The van der Waals surface area contributed by atoms with Gasteiger partial charge in [0.15, 0.2) is 5.76 Å². The van der Waals surface area contributed by atoms with Crippen LogP contribution in [0.5, 0.6) is 0 Å². The monoisotopic (exact) mass is 358 g/mol. The lowest BCUT2D eigenvalue weighted by Gasteiger charge is -2.34. The highest BCUT2D eigenvalue weighted by molar-refractivity contribution is 5.91. The molecule has 1 aliphatic heterocycles. The molecule has 26 heavy (non-hydrogen) atoms. The summed E-state index contributed by atoms with van der Waals surface area (Å²) >= 11 is 0. The third-order valence-corrected chi connectivity index (χ3v) is 4.29. The van der Waals surface area contributed by atoms with Gasteiger partial charge < -0.3 is 24.4 Å². The molecule has 0 atom stereocenters. The van der Waals surface area contributed by atoms with E-state index >= 15 is 0 Å². The zero-order valence-corrected chi connectivity index (χ0v) is 15.6. The van der Waals surface area contributed by atoms with Gasteiger partial charge in [-0.3, -0.25) is 4.79 Å². The second-order valence-corrected chi connectivity index (χ2v) is 6.68. The van der Waals surface area contributed by atoms with Gasteiger partial charge in [0.05, 0.1) is 6.26 Å². The fraction of sp³-hybridized carbons (Fsp3) is 0.500. The fourth-order valence-electron chi connectivity index (χ4n) is 2.86. The number of amides is 1. The number of aromatic nitrogens is 2. The van der Waals surface area contributed by atoms with E-state index in [1.165, 1.54) is 6.26 Å². The second-order valence-electron chi connectivity index (χ2n) is 6.68. The predicted octanol–water partition coefficient (Wildman–Crippen LogP) is 1.31. The lowest BCUT2D eigenvalue weighted by molar-refractivity contribution is 0.0714. The highest BCUT2D eigenvalue weighted by atomic mass is 16.3. The van der Waals surface area contributed by atoms with Crippen molar-refractivity contribution in [2.45, 2.75) is 6.92 Å². The van der Waals surface area contributed by atoms with Crippen LogP contribution in [0.3, 0.4) is 0 Å². The van der Waals surface area contributed by atoms with Crippen molar-refractivity contribution < 1.29 is 9.21 Å². The molecule has 2 aromatic rings. The van der Waals surface area contributed by atoms with Gasteiger partial charge in [-0.1, -0.05) is 0 Å². The van der Waals surface area contributed by atoms with Crippen molar-refractivity contribution in [3.05, 3.63) is 35.9 Å². The molecule has 8 heteroatoms. The van der Waals surface area contributed by atoms with E-state index in [2.05, 4.69) is 25.1 Å². The summed E-state index contributed by atoms with van der Waals surface area (Å²) in [7, 11) is 4.09. The number of piperazine rings is 1. The molecule has 3 heterocycles. The van der Waals surface area contributed by atoms with Crippen LogP contribution >= 0.6 is 0 Å². The Morgan fingerprint density at radius 3 is 2.69 bits per heavy atom. The SMILES string of the molecule is Cc1cc(NCCN(C)C)nc(N2CCN(C(=O)c3ccco3)CC2)n1. The van der Waals surface area contributed by atoms with Gasteiger partial charge in [-0.25, -0.2) is 4.98 Å². The van der Waals surface area contributed by atoms with Crippen molar-refractivity contribution in [1.29, 1.82) is 0 Å². The molecule has 0 aliphatic carbocycles. The lowest BCUT2D eigenvalue weighted by Crippen LogP contribution is -2.49. The van der Waals surface area contributed by atoms with Crippen molar-refractivity contribution in [3.63, 3.8) is 0 Å². The summed E-state index contributed by atoms with van der Waals surface area (Å²) in [5.41, 5.74) is 0.927. The smallest absolute Gasteiger partial charge is 0.289 e. The average Bonchev–Trinajstić information content (AvgIpc) is 3.15. The molecule has 1 saturated heterocycles. The van der Waals surface area contributed by atoms with Crippen molar-refractivity contribution >= 4 is 17.7 Å². The maximum absolute atomic E-state index is 12.4. The molecule has 1 N–H and O–H groups in total. The number of anilines is 2. The Morgan fingerprint density at radius 2 is 2.04 bits per heavy atom. The summed E-state index contributed by atoms with van der Waals surface area (Å²) in [4.78, 5) is 27.6. The van der Waals surface area contributed by atoms with Gasteiger partial charge >= 0.3 is 0 Å². The van der Waals surface area contributed by atoms with Crippen LogP contribution in [0.1, 0.15) is 16.2 Å². The minimum absolute atomic E-state index is 0.0640. The van der Waals surface area contributed by atoms with Gasteiger partial charge in [0.1, 0.15) is 5.82 Å². The summed E-state index contributed by atoms with van der Waals surface area (Å²) in [6.45, 7) is 6.39. The summed E-state index contributed by atoms with van der Waals surface area (Å²) < 4.78 is 5.20. The Bertz CT molecular complexity index is 723. The number of likely N-dealkylation sites (N-methyl/N-ethyl adjacent to an activating group) is 1. The number of nitrogens with zero attached hydrogens (tertiary/aromatic N) is 5. The first-order chi connectivity index (χ1) is 12.5. The summed E-state index contributed by atoms with van der Waals surface area (Å²) in [5.74, 6) is 1.87. The van der Waals surface area contributed by atoms with Crippen LogP contribution in [0.15, 0.2) is 28.9 Å². The maximum atomic E-state index is 12.4. The molecule has 0 bridgehead atoms. The summed E-state index contributed by atoms with van der Waals surface area (Å²) in [6.07, 6.45) is 1.52. The number of hydrogen-bond acceptors (Lipinski definition) is 7. The molecular weight excluding hydrogens is 332 g/mol. The van der Waals surface area contributed by atoms with E-state index in [4.69, 9.17) is 4.42 Å². The number of nitrogens with one attached hydrogen (secondary N) is 1. The zero-order chi connectivity index (χ0) is 18.5. The van der Waals surface area contributed by atoms with E-state index < -0.39 is 0 Å². The molecule has 0 unspecified atom stereocenters. The molecule has 140 valence electrons. The number of hydrogen-bond donors (Lipinski definition) is 1. The molecule has 0 radical (unpaired) electrons. The van der Waals surface area contributed by atoms with Crippen LogP contribution in [-0.4, -0.2) is 79.0 Å². The number of carbonyl (C=O) groups excluding carboxylic acids is 1. The summed E-state index contributed by atoms with van der Waals surface area (Å²) in [5, 5.41) is 3.35. The predicted molar refractivity (Wildman–Crippen MR) is 101 cm³/mol. The molecule has 1 amide bonds. The third-order valence-electron chi connectivity index (χ3n) is 4.29. The second kappa shape index (κ2) is 8.18. The first-order valence-corrected chi connectivity index (χ1v) is 8.85. The van der Waals surface area contributed by atoms with Crippen molar-refractivity contribution in [3.8, 4) is 0 Å². The van der Waals surface area contributed by atoms with Gasteiger partial charge in [-0.15, -0.1) is 0 Å². The zero-order valence-electron chi connectivity index (χ0n) is 15.6. The van der Waals surface area contributed by atoms with Crippen molar-refractivity contribution in [1.82, 2.24) is 19.8 Å². The molecule has 1 fully saturated rings. The standard InChI is InChI=1S/C18H26N6O2/c1-14-13-16(19-6-7-22(2)3)21-18(20-14)24-10-8-23(9-11-24)17(25)15-5-4-12-26-15/h4-5,12-13H,6-11H2,1-3H3,(H,19,20,21). The van der Waals surface area contributed by atoms with Crippen LogP contribution in [0, 0.1) is 6.92 Å². The Hall–Kier alpha value is -2.61. The summed E-state index contributed by atoms with van der Waals surface area (Å²) in [6, 6.07) is 5.38. The van der Waals surface area contributed by atoms with E-state index in [9.17, 15) is 4.79 Å². The minimum Gasteiger partial charge on any atom is -0.459 e. The molecule has 0 saturated carbocycles. The molecular formula is C18H26N6O2. The first kappa shape index (κ1) is 18.2. The molecule has 8 nitrogen and oxygen atoms in total. The fourth-order valence-corrected chi connectivity index (χ4v) is 2.86. The normalized spacial score (nSPS) is 14.8. The van der Waals surface area contributed by atoms with Gasteiger partial charge in [0, 0.05) is 51.0 Å². The Balaban J connectivity index is 1.60. The van der Waals surface area contributed by atoms with Crippen molar-refractivity contribution in [2.75, 3.05) is 63.6 Å². The van der Waals surface area contributed by atoms with E-state index in [-0.39, 0.29) is 5.91 Å². The van der Waals surface area contributed by atoms with E-state index in [0.29, 0.717) is 37.9 Å². The Labute approximate surface area is 153 Å². The number of aryl methyl sites for hydroxylation is 1. The Kier molecular flexibility index (Phi) is 5.72. The number of carbonyl (C=O) groups is 1. The number of rotatable bonds is 6. The first-order valence-electron chi connectivity index (χ1n) is 8.85. The van der Waals surface area contributed by atoms with Crippen LogP contribution in [-0.2, 0) is 0 Å². The minimum atomic E-state index is -0.0640. The van der Waals surface area contributed by atoms with Crippen LogP contribution in [0.4, 0.5) is 11.8 Å². The Morgan fingerprint density at radius 1 is 1.27 bits per heavy atom. The van der Waals surface area contributed by atoms with Crippen LogP contribution in [0.25, 0.3) is 0 Å². The van der Waals surface area contributed by atoms with Gasteiger partial charge in [-0.05, 0) is 33.2 Å². The van der Waals surface area contributed by atoms with Gasteiger partial charge in [0.25, 0.3) is 5.91 Å². The van der Waals surface area contributed by atoms with Crippen LogP contribution < -0.4 is 10.2 Å². The average molecular weight is 358 g/mol. The highest BCUT2D eigenvalue weighted by Crippen LogP contribution is 2.17. The van der Waals surface area contributed by atoms with E-state index in [0.717, 1.165) is 24.6 Å². The molecule has 0 aromatic carbocycles. The highest BCUT2D eigenvalue weighted by Gasteiger charge is 2.25. The van der Waals surface area contributed by atoms with Crippen LogP contribution in [0.2, 0.25) is 0 Å². The van der Waals surface area contributed by atoms with Gasteiger partial charge in [0.2, 0.25) is 5.95 Å². The molecule has 3 rings (SSSR count). The topological polar surface area (TPSA) is 77.7 Å². The molecule has 2 aromatic heterocycles. The molecule has 1 aliphatic rings. The maximum Gasteiger partial charge on any atom is 0.289 e. The molecule has 0 spiro atoms. The lowest BCUT2D eigenvalue weighted by atomic mass is 10.3. The van der Waals surface area contributed by atoms with Gasteiger partial charge in [-0.2, -0.15) is 4.98 Å². The quantitative estimate of drug-likeness (QED) is 0.834. The van der Waals surface area contributed by atoms with E-state index in [1.54, 1.807) is 17.0 Å².